The van der Waals surface area contributed by atoms with Gasteiger partial charge in [-0.3, -0.25) is 4.98 Å². The molecule has 0 N–H and O–H groups in total. The Balaban J connectivity index is 2.12. The van der Waals surface area contributed by atoms with Crippen LogP contribution in [0.1, 0.15) is 30.5 Å². The van der Waals surface area contributed by atoms with Gasteiger partial charge in [0.25, 0.3) is 0 Å². The molecular weight excluding hydrogens is 281 g/mol. The Morgan fingerprint density at radius 1 is 1.00 bits per heavy atom. The van der Waals surface area contributed by atoms with Gasteiger partial charge in [0.05, 0.1) is 5.02 Å². The van der Waals surface area contributed by atoms with Gasteiger partial charge in [0, 0.05) is 17.5 Å². The van der Waals surface area contributed by atoms with Gasteiger partial charge < -0.3 is 0 Å². The minimum Gasteiger partial charge on any atom is -0.251 e. The minimum absolute atomic E-state index is 0.524. The molecule has 1 aliphatic carbocycles. The van der Waals surface area contributed by atoms with E-state index < -0.39 is 0 Å². The van der Waals surface area contributed by atoms with Gasteiger partial charge in [0.2, 0.25) is 0 Å². The quantitative estimate of drug-likeness (QED) is 0.586. The Labute approximate surface area is 122 Å². The van der Waals surface area contributed by atoms with Crippen molar-refractivity contribution < 1.29 is 0 Å². The molecule has 0 fully saturated rings. The maximum Gasteiger partial charge on any atom is 0.181 e. The highest BCUT2D eigenvalue weighted by atomic mass is 35.5. The van der Waals surface area contributed by atoms with Crippen molar-refractivity contribution >= 4 is 23.2 Å². The molecule has 0 saturated carbocycles. The Kier molecular flexibility index (Phi) is 3.67. The van der Waals surface area contributed by atoms with E-state index in [1.165, 1.54) is 6.42 Å². The van der Waals surface area contributed by atoms with E-state index in [-0.39, 0.29) is 0 Å². The van der Waals surface area contributed by atoms with E-state index in [4.69, 9.17) is 23.2 Å². The Hall–Kier alpha value is -1.19. The van der Waals surface area contributed by atoms with Crippen LogP contribution in [0.25, 0.3) is 11.5 Å². The molecule has 0 spiro atoms. The van der Waals surface area contributed by atoms with Gasteiger partial charge in [-0.2, -0.15) is 0 Å². The lowest BCUT2D eigenvalue weighted by Crippen LogP contribution is -2.03. The first-order valence-electron chi connectivity index (χ1n) is 6.42. The van der Waals surface area contributed by atoms with Crippen LogP contribution < -0.4 is 0 Å². The average Bonchev–Trinajstić information content (AvgIpc) is 2.65. The summed E-state index contributed by atoms with van der Waals surface area (Å²) in [5.41, 5.74) is 2.74. The van der Waals surface area contributed by atoms with E-state index in [0.717, 1.165) is 36.9 Å². The third kappa shape index (κ3) is 2.58. The summed E-state index contributed by atoms with van der Waals surface area (Å²) in [6, 6.07) is 3.57. The van der Waals surface area contributed by atoms with Gasteiger partial charge in [-0.1, -0.05) is 29.6 Å². The van der Waals surface area contributed by atoms with Gasteiger partial charge in [-0.15, -0.1) is 0 Å². The number of aromatic nitrogens is 3. The fourth-order valence-corrected chi connectivity index (χ4v) is 2.87. The SMILES string of the molecule is Clc1cccnc1-c1nc(Cl)c2c(n1)CCCCC2. The number of fused-ring (bicyclic) bond motifs is 1. The van der Waals surface area contributed by atoms with Crippen LogP contribution in [0.15, 0.2) is 18.3 Å². The first kappa shape index (κ1) is 12.8. The fourth-order valence-electron chi connectivity index (χ4n) is 2.38. The predicted molar refractivity (Wildman–Crippen MR) is 76.5 cm³/mol. The van der Waals surface area contributed by atoms with Crippen LogP contribution in [0.2, 0.25) is 10.2 Å². The molecule has 2 aromatic rings. The Bertz CT molecular complexity index is 614. The largest absolute Gasteiger partial charge is 0.251 e. The summed E-state index contributed by atoms with van der Waals surface area (Å²) < 4.78 is 0. The highest BCUT2D eigenvalue weighted by Crippen LogP contribution is 2.29. The van der Waals surface area contributed by atoms with E-state index in [1.54, 1.807) is 18.3 Å². The van der Waals surface area contributed by atoms with Crippen molar-refractivity contribution in [1.29, 1.82) is 0 Å². The number of nitrogens with zero attached hydrogens (tertiary/aromatic N) is 3. The van der Waals surface area contributed by atoms with Crippen LogP contribution in [0.5, 0.6) is 0 Å². The standard InChI is InChI=1S/C14H13Cl2N3/c15-10-6-4-8-17-12(10)14-18-11-7-3-1-2-5-9(11)13(16)19-14/h4,6,8H,1-3,5,7H2. The number of hydrogen-bond acceptors (Lipinski definition) is 3. The van der Waals surface area contributed by atoms with Crippen LogP contribution in [-0.2, 0) is 12.8 Å². The summed E-state index contributed by atoms with van der Waals surface area (Å²) in [6.07, 6.45) is 7.12. The minimum atomic E-state index is 0.524. The van der Waals surface area contributed by atoms with E-state index >= 15 is 0 Å². The molecule has 0 amide bonds. The molecule has 3 rings (SSSR count). The first-order valence-corrected chi connectivity index (χ1v) is 7.17. The number of aryl methyl sites for hydroxylation is 1. The first-order chi connectivity index (χ1) is 9.25. The molecule has 98 valence electrons. The summed E-state index contributed by atoms with van der Waals surface area (Å²) in [5, 5.41) is 1.09. The van der Waals surface area contributed by atoms with Crippen molar-refractivity contribution in [3.05, 3.63) is 39.8 Å². The maximum atomic E-state index is 6.30. The molecule has 5 heteroatoms. The van der Waals surface area contributed by atoms with Gasteiger partial charge in [0.1, 0.15) is 10.8 Å². The molecule has 1 aliphatic rings. The van der Waals surface area contributed by atoms with E-state index in [0.29, 0.717) is 21.7 Å². The summed E-state index contributed by atoms with van der Waals surface area (Å²) in [5.74, 6) is 0.524. The molecule has 19 heavy (non-hydrogen) atoms. The molecule has 2 aromatic heterocycles. The molecule has 0 unspecified atom stereocenters. The smallest absolute Gasteiger partial charge is 0.181 e. The third-order valence-electron chi connectivity index (χ3n) is 3.35. The molecule has 0 aromatic carbocycles. The molecule has 0 aliphatic heterocycles. The summed E-state index contributed by atoms with van der Waals surface area (Å²) in [7, 11) is 0. The molecule has 0 atom stereocenters. The summed E-state index contributed by atoms with van der Waals surface area (Å²) in [4.78, 5) is 13.2. The van der Waals surface area contributed by atoms with Crippen molar-refractivity contribution in [1.82, 2.24) is 15.0 Å². The topological polar surface area (TPSA) is 38.7 Å². The molecular formula is C14H13Cl2N3. The van der Waals surface area contributed by atoms with Crippen LogP contribution >= 0.6 is 23.2 Å². The van der Waals surface area contributed by atoms with Crippen LogP contribution in [0.4, 0.5) is 0 Å². The number of rotatable bonds is 1. The van der Waals surface area contributed by atoms with Crippen LogP contribution in [-0.4, -0.2) is 15.0 Å². The van der Waals surface area contributed by atoms with Crippen molar-refractivity contribution in [2.75, 3.05) is 0 Å². The second kappa shape index (κ2) is 5.43. The van der Waals surface area contributed by atoms with Gasteiger partial charge in [0.15, 0.2) is 5.82 Å². The fraction of sp³-hybridized carbons (Fsp3) is 0.357. The molecule has 0 saturated heterocycles. The average molecular weight is 294 g/mol. The lowest BCUT2D eigenvalue weighted by Gasteiger charge is -2.09. The van der Waals surface area contributed by atoms with E-state index in [9.17, 15) is 0 Å². The lowest BCUT2D eigenvalue weighted by atomic mass is 10.1. The summed E-state index contributed by atoms with van der Waals surface area (Å²) >= 11 is 12.4. The number of pyridine rings is 1. The van der Waals surface area contributed by atoms with Crippen molar-refractivity contribution in [3.8, 4) is 11.5 Å². The van der Waals surface area contributed by atoms with Crippen molar-refractivity contribution in [2.24, 2.45) is 0 Å². The molecule has 2 heterocycles. The van der Waals surface area contributed by atoms with Crippen LogP contribution in [0, 0.1) is 0 Å². The Morgan fingerprint density at radius 2 is 1.84 bits per heavy atom. The zero-order valence-electron chi connectivity index (χ0n) is 10.4. The van der Waals surface area contributed by atoms with Gasteiger partial charge in [-0.05, 0) is 37.8 Å². The second-order valence-electron chi connectivity index (χ2n) is 4.66. The van der Waals surface area contributed by atoms with Crippen LogP contribution in [0.3, 0.4) is 0 Å². The van der Waals surface area contributed by atoms with E-state index in [1.807, 2.05) is 0 Å². The zero-order chi connectivity index (χ0) is 13.2. The third-order valence-corrected chi connectivity index (χ3v) is 3.97. The van der Waals surface area contributed by atoms with Gasteiger partial charge >= 0.3 is 0 Å². The zero-order valence-corrected chi connectivity index (χ0v) is 11.9. The Morgan fingerprint density at radius 3 is 2.68 bits per heavy atom. The normalized spacial score (nSPS) is 14.8. The molecule has 3 nitrogen and oxygen atoms in total. The predicted octanol–water partition coefficient (Wildman–Crippen LogP) is 4.11. The lowest BCUT2D eigenvalue weighted by molar-refractivity contribution is 0.709. The highest BCUT2D eigenvalue weighted by molar-refractivity contribution is 6.33. The maximum absolute atomic E-state index is 6.30. The van der Waals surface area contributed by atoms with Crippen molar-refractivity contribution in [3.63, 3.8) is 0 Å². The molecule has 0 bridgehead atoms. The number of hydrogen-bond donors (Lipinski definition) is 0. The second-order valence-corrected chi connectivity index (χ2v) is 5.42. The number of halogens is 2. The monoisotopic (exact) mass is 293 g/mol. The molecule has 0 radical (unpaired) electrons. The highest BCUT2D eigenvalue weighted by Gasteiger charge is 2.17. The van der Waals surface area contributed by atoms with Gasteiger partial charge in [-0.25, -0.2) is 9.97 Å². The van der Waals surface area contributed by atoms with E-state index in [2.05, 4.69) is 15.0 Å². The van der Waals surface area contributed by atoms with Crippen molar-refractivity contribution in [2.45, 2.75) is 32.1 Å². The summed E-state index contributed by atoms with van der Waals surface area (Å²) in [6.45, 7) is 0.